The topological polar surface area (TPSA) is 93.4 Å². The number of nitrogens with one attached hydrogen (secondary N) is 1. The molecule has 1 aliphatic rings. The summed E-state index contributed by atoms with van der Waals surface area (Å²) in [5.74, 6) is 0.834. The number of hydrogen-bond acceptors (Lipinski definition) is 6. The van der Waals surface area contributed by atoms with Crippen LogP contribution < -0.4 is 20.7 Å². The Morgan fingerprint density at radius 2 is 2.38 bits per heavy atom. The lowest BCUT2D eigenvalue weighted by Crippen LogP contribution is -2.48. The molecule has 1 amide bonds. The lowest BCUT2D eigenvalue weighted by Gasteiger charge is -2.28. The number of nitrogens with zero attached hydrogens (tertiary/aromatic N) is 3. The van der Waals surface area contributed by atoms with Gasteiger partial charge in [0.15, 0.2) is 5.82 Å². The average Bonchev–Trinajstić information content (AvgIpc) is 2.29. The molecule has 0 spiro atoms. The number of piperazine rings is 1. The smallest absolute Gasteiger partial charge is 0.242 e. The molecule has 0 unspecified atom stereocenters. The molecule has 7 nitrogen and oxygen atoms in total. The van der Waals surface area contributed by atoms with Crippen molar-refractivity contribution in [3.63, 3.8) is 0 Å². The number of anilines is 2. The lowest BCUT2D eigenvalue weighted by atomic mass is 10.3. The average molecular weight is 223 g/mol. The van der Waals surface area contributed by atoms with Crippen molar-refractivity contribution in [2.24, 2.45) is 0 Å². The van der Waals surface area contributed by atoms with Gasteiger partial charge in [0.2, 0.25) is 11.8 Å². The molecule has 2 heterocycles. The van der Waals surface area contributed by atoms with Gasteiger partial charge in [-0.2, -0.15) is 4.98 Å². The summed E-state index contributed by atoms with van der Waals surface area (Å²) in [6, 6.07) is 0. The Balaban J connectivity index is 2.29. The molecule has 86 valence electrons. The molecule has 3 N–H and O–H groups in total. The summed E-state index contributed by atoms with van der Waals surface area (Å²) in [5.41, 5.74) is 6.21. The van der Waals surface area contributed by atoms with Crippen molar-refractivity contribution in [3.05, 3.63) is 6.33 Å². The zero-order valence-electron chi connectivity index (χ0n) is 8.93. The van der Waals surface area contributed by atoms with Crippen LogP contribution in [0.1, 0.15) is 0 Å². The fraction of sp³-hybridized carbons (Fsp3) is 0.444. The highest BCUT2D eigenvalue weighted by atomic mass is 16.5. The van der Waals surface area contributed by atoms with Crippen molar-refractivity contribution >= 4 is 17.4 Å². The molecular weight excluding hydrogens is 210 g/mol. The molecule has 0 bridgehead atoms. The van der Waals surface area contributed by atoms with Gasteiger partial charge in [0.25, 0.3) is 0 Å². The number of aromatic nitrogens is 2. The number of carbonyl (C=O) groups is 1. The summed E-state index contributed by atoms with van der Waals surface area (Å²) in [5, 5.41) is 2.73. The number of hydrogen-bond donors (Lipinski definition) is 2. The second kappa shape index (κ2) is 4.21. The molecule has 0 atom stereocenters. The predicted octanol–water partition coefficient (Wildman–Crippen LogP) is -0.996. The van der Waals surface area contributed by atoms with Crippen molar-refractivity contribution in [2.45, 2.75) is 0 Å². The van der Waals surface area contributed by atoms with Crippen LogP contribution >= 0.6 is 0 Å². The molecular formula is C9H13N5O2. The number of rotatable bonds is 2. The van der Waals surface area contributed by atoms with Gasteiger partial charge in [-0.05, 0) is 0 Å². The largest absolute Gasteiger partial charge is 0.479 e. The van der Waals surface area contributed by atoms with Gasteiger partial charge in [-0.3, -0.25) is 4.79 Å². The van der Waals surface area contributed by atoms with Crippen LogP contribution in [0.15, 0.2) is 6.33 Å². The van der Waals surface area contributed by atoms with Gasteiger partial charge in [-0.15, -0.1) is 0 Å². The van der Waals surface area contributed by atoms with Crippen molar-refractivity contribution in [1.29, 1.82) is 0 Å². The van der Waals surface area contributed by atoms with Crippen molar-refractivity contribution in [3.8, 4) is 5.88 Å². The Bertz CT molecular complexity index is 409. The predicted molar refractivity (Wildman–Crippen MR) is 58.2 cm³/mol. The van der Waals surface area contributed by atoms with Crippen LogP contribution in [-0.4, -0.2) is 42.6 Å². The highest BCUT2D eigenvalue weighted by molar-refractivity contribution is 5.84. The zero-order chi connectivity index (χ0) is 11.5. The molecule has 1 saturated heterocycles. The first-order chi connectivity index (χ1) is 7.72. The van der Waals surface area contributed by atoms with E-state index in [-0.39, 0.29) is 12.5 Å². The SMILES string of the molecule is COc1ncnc(N2CCNC(=O)C2)c1N. The van der Waals surface area contributed by atoms with E-state index in [9.17, 15) is 4.79 Å². The Morgan fingerprint density at radius 1 is 1.56 bits per heavy atom. The van der Waals surface area contributed by atoms with E-state index < -0.39 is 0 Å². The van der Waals surface area contributed by atoms with E-state index in [2.05, 4.69) is 15.3 Å². The van der Waals surface area contributed by atoms with Gasteiger partial charge >= 0.3 is 0 Å². The number of carbonyl (C=O) groups excluding carboxylic acids is 1. The summed E-state index contributed by atoms with van der Waals surface area (Å²) < 4.78 is 5.00. The van der Waals surface area contributed by atoms with Gasteiger partial charge in [0.1, 0.15) is 12.0 Å². The number of nitrogen functional groups attached to an aromatic ring is 1. The molecule has 0 saturated carbocycles. The summed E-state index contributed by atoms with van der Waals surface area (Å²) in [6.07, 6.45) is 1.37. The minimum atomic E-state index is -0.0387. The van der Waals surface area contributed by atoms with Crippen LogP contribution in [-0.2, 0) is 4.79 Å². The van der Waals surface area contributed by atoms with E-state index in [0.29, 0.717) is 30.5 Å². The molecule has 7 heteroatoms. The summed E-state index contributed by atoms with van der Waals surface area (Å²) in [7, 11) is 1.49. The van der Waals surface area contributed by atoms with E-state index >= 15 is 0 Å². The molecule has 1 aliphatic heterocycles. The van der Waals surface area contributed by atoms with Crippen LogP contribution in [0.4, 0.5) is 11.5 Å². The van der Waals surface area contributed by atoms with Gasteiger partial charge in [-0.1, -0.05) is 0 Å². The maximum absolute atomic E-state index is 11.2. The molecule has 16 heavy (non-hydrogen) atoms. The highest BCUT2D eigenvalue weighted by Gasteiger charge is 2.21. The molecule has 0 aromatic carbocycles. The highest BCUT2D eigenvalue weighted by Crippen LogP contribution is 2.27. The third kappa shape index (κ3) is 1.83. The monoisotopic (exact) mass is 223 g/mol. The van der Waals surface area contributed by atoms with Crippen LogP contribution in [0.3, 0.4) is 0 Å². The van der Waals surface area contributed by atoms with E-state index in [0.717, 1.165) is 0 Å². The van der Waals surface area contributed by atoms with Gasteiger partial charge in [-0.25, -0.2) is 4.98 Å². The lowest BCUT2D eigenvalue weighted by molar-refractivity contribution is -0.120. The molecule has 0 aliphatic carbocycles. The number of ether oxygens (including phenoxy) is 1. The summed E-state index contributed by atoms with van der Waals surface area (Å²) >= 11 is 0. The minimum absolute atomic E-state index is 0.0387. The van der Waals surface area contributed by atoms with Crippen molar-refractivity contribution < 1.29 is 9.53 Å². The van der Waals surface area contributed by atoms with E-state index in [1.54, 1.807) is 4.90 Å². The van der Waals surface area contributed by atoms with Gasteiger partial charge in [0.05, 0.1) is 13.7 Å². The summed E-state index contributed by atoms with van der Waals surface area (Å²) in [4.78, 5) is 21.0. The maximum Gasteiger partial charge on any atom is 0.242 e. The number of nitrogens with two attached hydrogens (primary N) is 1. The Labute approximate surface area is 92.6 Å². The fourth-order valence-corrected chi connectivity index (χ4v) is 1.60. The third-order valence-corrected chi connectivity index (χ3v) is 2.36. The Morgan fingerprint density at radius 3 is 3.06 bits per heavy atom. The van der Waals surface area contributed by atoms with Crippen LogP contribution in [0.25, 0.3) is 0 Å². The Hall–Kier alpha value is -2.05. The standard InChI is InChI=1S/C9H13N5O2/c1-16-9-7(10)8(12-5-13-9)14-3-2-11-6(15)4-14/h5H,2-4,10H2,1H3,(H,11,15). The van der Waals surface area contributed by atoms with Crippen LogP contribution in [0.5, 0.6) is 5.88 Å². The quantitative estimate of drug-likeness (QED) is 0.668. The van der Waals surface area contributed by atoms with Crippen LogP contribution in [0.2, 0.25) is 0 Å². The van der Waals surface area contributed by atoms with E-state index in [4.69, 9.17) is 10.5 Å². The molecule has 1 aromatic rings. The first-order valence-corrected chi connectivity index (χ1v) is 4.88. The molecule has 1 aromatic heterocycles. The third-order valence-electron chi connectivity index (χ3n) is 2.36. The van der Waals surface area contributed by atoms with E-state index in [1.165, 1.54) is 13.4 Å². The minimum Gasteiger partial charge on any atom is -0.479 e. The van der Waals surface area contributed by atoms with E-state index in [1.807, 2.05) is 0 Å². The Kier molecular flexibility index (Phi) is 2.76. The summed E-state index contributed by atoms with van der Waals surface area (Å²) in [6.45, 7) is 1.52. The first-order valence-electron chi connectivity index (χ1n) is 4.88. The second-order valence-electron chi connectivity index (χ2n) is 3.39. The van der Waals surface area contributed by atoms with Crippen molar-refractivity contribution in [2.75, 3.05) is 37.4 Å². The maximum atomic E-state index is 11.2. The first kappa shape index (κ1) is 10.5. The second-order valence-corrected chi connectivity index (χ2v) is 3.39. The molecule has 2 rings (SSSR count). The molecule has 1 fully saturated rings. The number of amides is 1. The van der Waals surface area contributed by atoms with Gasteiger partial charge < -0.3 is 20.7 Å². The number of methoxy groups -OCH3 is 1. The normalized spacial score (nSPS) is 15.8. The van der Waals surface area contributed by atoms with Crippen molar-refractivity contribution in [1.82, 2.24) is 15.3 Å². The van der Waals surface area contributed by atoms with Crippen LogP contribution in [0, 0.1) is 0 Å². The molecule has 0 radical (unpaired) electrons. The van der Waals surface area contributed by atoms with Gasteiger partial charge in [0, 0.05) is 13.1 Å². The zero-order valence-corrected chi connectivity index (χ0v) is 8.93. The fourth-order valence-electron chi connectivity index (χ4n) is 1.60.